The number of amides is 1. The third kappa shape index (κ3) is 4.14. The molecule has 1 aromatic rings. The first-order valence-corrected chi connectivity index (χ1v) is 7.92. The van der Waals surface area contributed by atoms with Gasteiger partial charge in [0, 0.05) is 11.6 Å². The zero-order chi connectivity index (χ0) is 17.8. The predicted molar refractivity (Wildman–Crippen MR) is 81.4 cm³/mol. The van der Waals surface area contributed by atoms with Crippen LogP contribution in [0.4, 0.5) is 13.2 Å². The summed E-state index contributed by atoms with van der Waals surface area (Å²) in [4.78, 5) is 24.2. The van der Waals surface area contributed by atoms with Crippen LogP contribution in [0.25, 0.3) is 0 Å². The van der Waals surface area contributed by atoms with Crippen LogP contribution in [-0.2, 0) is 4.79 Å². The van der Waals surface area contributed by atoms with Crippen LogP contribution in [-0.4, -0.2) is 34.6 Å². The highest BCUT2D eigenvalue weighted by atomic mass is 19.4. The molecule has 0 aliphatic heterocycles. The van der Waals surface area contributed by atoms with Gasteiger partial charge >= 0.3 is 6.18 Å². The molecule has 0 bridgehead atoms. The van der Waals surface area contributed by atoms with E-state index in [2.05, 4.69) is 5.32 Å². The Hall–Kier alpha value is -1.89. The fourth-order valence-electron chi connectivity index (χ4n) is 2.82. The number of nitrogens with one attached hydrogen (secondary N) is 1. The average molecular weight is 343 g/mol. The summed E-state index contributed by atoms with van der Waals surface area (Å²) >= 11 is 0. The molecule has 24 heavy (non-hydrogen) atoms. The van der Waals surface area contributed by atoms with Crippen molar-refractivity contribution in [1.29, 1.82) is 0 Å². The van der Waals surface area contributed by atoms with Gasteiger partial charge in [-0.15, -0.1) is 0 Å². The number of ketones is 1. The Morgan fingerprint density at radius 2 is 1.67 bits per heavy atom. The van der Waals surface area contributed by atoms with Crippen LogP contribution < -0.4 is 5.32 Å². The number of benzene rings is 1. The molecule has 2 N–H and O–H groups in total. The van der Waals surface area contributed by atoms with Crippen molar-refractivity contribution >= 4 is 11.7 Å². The van der Waals surface area contributed by atoms with E-state index in [4.69, 9.17) is 0 Å². The Kier molecular flexibility index (Phi) is 5.64. The Bertz CT molecular complexity index is 582. The van der Waals surface area contributed by atoms with Gasteiger partial charge in [0.15, 0.2) is 5.78 Å². The molecule has 4 nitrogen and oxygen atoms in total. The number of halogens is 3. The molecular weight excluding hydrogens is 323 g/mol. The minimum absolute atomic E-state index is 0.0191. The summed E-state index contributed by atoms with van der Waals surface area (Å²) in [6, 6.07) is 6.91. The quantitative estimate of drug-likeness (QED) is 0.808. The third-order valence-electron chi connectivity index (χ3n) is 4.30. The summed E-state index contributed by atoms with van der Waals surface area (Å²) in [6.45, 7) is 0. The molecule has 1 aliphatic carbocycles. The molecule has 1 fully saturated rings. The molecule has 132 valence electrons. The van der Waals surface area contributed by atoms with Crippen molar-refractivity contribution in [2.45, 2.75) is 56.3 Å². The molecule has 7 heteroatoms. The minimum atomic E-state index is -5.24. The number of Topliss-reactive ketones (excluding diaryl/α,β-unsaturated/α-hetero) is 1. The Morgan fingerprint density at radius 3 is 2.21 bits per heavy atom. The lowest BCUT2D eigenvalue weighted by Crippen LogP contribution is -2.59. The van der Waals surface area contributed by atoms with Gasteiger partial charge in [-0.3, -0.25) is 9.59 Å². The van der Waals surface area contributed by atoms with Crippen molar-refractivity contribution in [1.82, 2.24) is 5.32 Å². The van der Waals surface area contributed by atoms with Gasteiger partial charge in [0.2, 0.25) is 5.60 Å². The lowest BCUT2D eigenvalue weighted by molar-refractivity contribution is -0.250. The predicted octanol–water partition coefficient (Wildman–Crippen LogP) is 3.00. The number of aliphatic hydroxyl groups is 1. The fourth-order valence-corrected chi connectivity index (χ4v) is 2.82. The number of carbonyl (C=O) groups excluding carboxylic acids is 2. The van der Waals surface area contributed by atoms with Crippen LogP contribution in [0.2, 0.25) is 0 Å². The zero-order valence-corrected chi connectivity index (χ0v) is 13.1. The maximum Gasteiger partial charge on any atom is 0.426 e. The van der Waals surface area contributed by atoms with Crippen LogP contribution in [0.5, 0.6) is 0 Å². The van der Waals surface area contributed by atoms with E-state index in [1.165, 1.54) is 24.3 Å². The molecule has 1 aliphatic rings. The van der Waals surface area contributed by atoms with E-state index in [0.717, 1.165) is 19.3 Å². The van der Waals surface area contributed by atoms with Gasteiger partial charge in [-0.25, -0.2) is 0 Å². The Balaban J connectivity index is 2.16. The van der Waals surface area contributed by atoms with Gasteiger partial charge in [0.1, 0.15) is 0 Å². The number of hydrogen-bond acceptors (Lipinski definition) is 3. The second kappa shape index (κ2) is 7.34. The maximum absolute atomic E-state index is 13.3. The molecule has 1 aromatic carbocycles. The van der Waals surface area contributed by atoms with E-state index in [9.17, 15) is 27.9 Å². The van der Waals surface area contributed by atoms with Crippen LogP contribution in [0, 0.1) is 0 Å². The third-order valence-corrected chi connectivity index (χ3v) is 4.30. The summed E-state index contributed by atoms with van der Waals surface area (Å²) in [5, 5.41) is 12.3. The molecule has 0 spiro atoms. The topological polar surface area (TPSA) is 66.4 Å². The first kappa shape index (κ1) is 18.4. The molecule has 1 atom stereocenters. The molecule has 0 radical (unpaired) electrons. The molecule has 0 heterocycles. The fraction of sp³-hybridized carbons (Fsp3) is 0.529. The molecule has 0 aromatic heterocycles. The van der Waals surface area contributed by atoms with E-state index in [0.29, 0.717) is 12.8 Å². The zero-order valence-electron chi connectivity index (χ0n) is 13.1. The van der Waals surface area contributed by atoms with E-state index in [1.807, 2.05) is 0 Å². The first-order valence-electron chi connectivity index (χ1n) is 7.92. The largest absolute Gasteiger partial charge is 0.426 e. The summed E-state index contributed by atoms with van der Waals surface area (Å²) in [5.74, 6) is -2.49. The van der Waals surface area contributed by atoms with Gasteiger partial charge in [-0.05, 0) is 12.8 Å². The molecule has 1 amide bonds. The second-order valence-electron chi connectivity index (χ2n) is 6.13. The first-order chi connectivity index (χ1) is 11.2. The van der Waals surface area contributed by atoms with Crippen molar-refractivity contribution in [3.63, 3.8) is 0 Å². The number of carbonyl (C=O) groups is 2. The summed E-state index contributed by atoms with van der Waals surface area (Å²) < 4.78 is 40.0. The van der Waals surface area contributed by atoms with Gasteiger partial charge < -0.3 is 10.4 Å². The van der Waals surface area contributed by atoms with Gasteiger partial charge in [-0.2, -0.15) is 13.2 Å². The highest BCUT2D eigenvalue weighted by Gasteiger charge is 2.60. The van der Waals surface area contributed by atoms with E-state index in [-0.39, 0.29) is 5.56 Å². The second-order valence-corrected chi connectivity index (χ2v) is 6.13. The minimum Gasteiger partial charge on any atom is -0.372 e. The molecule has 1 saturated carbocycles. The van der Waals surface area contributed by atoms with Crippen molar-refractivity contribution in [2.75, 3.05) is 0 Å². The summed E-state index contributed by atoms with van der Waals surface area (Å²) in [5.41, 5.74) is -3.71. The van der Waals surface area contributed by atoms with Crippen LogP contribution in [0.1, 0.15) is 48.9 Å². The maximum atomic E-state index is 13.3. The van der Waals surface area contributed by atoms with Crippen molar-refractivity contribution in [3.05, 3.63) is 35.9 Å². The number of alkyl halides is 3. The van der Waals surface area contributed by atoms with E-state index in [1.54, 1.807) is 6.07 Å². The molecule has 1 unspecified atom stereocenters. The summed E-state index contributed by atoms with van der Waals surface area (Å²) in [7, 11) is 0. The smallest absolute Gasteiger partial charge is 0.372 e. The van der Waals surface area contributed by atoms with Gasteiger partial charge in [0.25, 0.3) is 5.91 Å². The van der Waals surface area contributed by atoms with E-state index < -0.39 is 35.9 Å². The monoisotopic (exact) mass is 343 g/mol. The average Bonchev–Trinajstić information content (AvgIpc) is 2.55. The Labute approximate surface area is 138 Å². The highest BCUT2D eigenvalue weighted by Crippen LogP contribution is 2.35. The lowest BCUT2D eigenvalue weighted by atomic mass is 9.90. The highest BCUT2D eigenvalue weighted by molar-refractivity contribution is 6.01. The van der Waals surface area contributed by atoms with Crippen LogP contribution in [0.3, 0.4) is 0 Å². The van der Waals surface area contributed by atoms with Gasteiger partial charge in [0.05, 0.1) is 6.42 Å². The molecule has 0 saturated heterocycles. The standard InChI is InChI=1S/C17H20F3NO3/c18-17(19,20)16(24,11-14(22)12-7-3-1-4-8-12)15(23)21-13-9-5-2-6-10-13/h1,3-4,7-8,13,24H,2,5-6,9-11H2,(H,21,23). The van der Waals surface area contributed by atoms with Crippen molar-refractivity contribution in [2.24, 2.45) is 0 Å². The Morgan fingerprint density at radius 1 is 1.08 bits per heavy atom. The lowest BCUT2D eigenvalue weighted by Gasteiger charge is -2.31. The number of rotatable bonds is 5. The van der Waals surface area contributed by atoms with Crippen LogP contribution >= 0.6 is 0 Å². The van der Waals surface area contributed by atoms with Crippen molar-refractivity contribution < 1.29 is 27.9 Å². The van der Waals surface area contributed by atoms with Crippen molar-refractivity contribution in [3.8, 4) is 0 Å². The normalized spacial score (nSPS) is 18.7. The SMILES string of the molecule is O=C(CC(O)(C(=O)NC1CCCCC1)C(F)(F)F)c1ccccc1. The summed E-state index contributed by atoms with van der Waals surface area (Å²) in [6.07, 6.45) is -2.81. The van der Waals surface area contributed by atoms with Gasteiger partial charge in [-0.1, -0.05) is 49.6 Å². The number of hydrogen-bond donors (Lipinski definition) is 2. The van der Waals surface area contributed by atoms with E-state index >= 15 is 0 Å². The molecule has 2 rings (SSSR count). The van der Waals surface area contributed by atoms with Crippen LogP contribution in [0.15, 0.2) is 30.3 Å². The molecular formula is C17H20F3NO3.